The average Bonchev–Trinajstić information content (AvgIpc) is 3.05. The van der Waals surface area contributed by atoms with Crippen molar-refractivity contribution in [3.05, 3.63) is 22.3 Å². The van der Waals surface area contributed by atoms with Crippen LogP contribution in [0.1, 0.15) is 55.0 Å². The summed E-state index contributed by atoms with van der Waals surface area (Å²) in [5, 5.41) is 13.7. The van der Waals surface area contributed by atoms with Gasteiger partial charge in [-0.1, -0.05) is 18.5 Å². The van der Waals surface area contributed by atoms with E-state index in [4.69, 9.17) is 4.52 Å². The Kier molecular flexibility index (Phi) is 3.66. The Balaban J connectivity index is 1.84. The number of aliphatic hydroxyl groups excluding tert-OH is 1. The molecule has 5 heteroatoms. The van der Waals surface area contributed by atoms with E-state index in [2.05, 4.69) is 16.2 Å². The van der Waals surface area contributed by atoms with Gasteiger partial charge in [0.1, 0.15) is 6.10 Å². The van der Waals surface area contributed by atoms with Gasteiger partial charge in [0.15, 0.2) is 0 Å². The third-order valence-electron chi connectivity index (χ3n) is 3.51. The van der Waals surface area contributed by atoms with Crippen molar-refractivity contribution in [1.29, 1.82) is 0 Å². The van der Waals surface area contributed by atoms with Crippen LogP contribution >= 0.6 is 11.3 Å². The van der Waals surface area contributed by atoms with Crippen molar-refractivity contribution in [2.75, 3.05) is 0 Å². The number of fused-ring (bicyclic) bond motifs is 1. The van der Waals surface area contributed by atoms with E-state index in [1.54, 1.807) is 11.3 Å². The number of rotatable bonds is 4. The second-order valence-electron chi connectivity index (χ2n) is 5.03. The van der Waals surface area contributed by atoms with E-state index in [0.717, 1.165) is 17.7 Å². The summed E-state index contributed by atoms with van der Waals surface area (Å²) in [6.45, 7) is 2.03. The highest BCUT2D eigenvalue weighted by molar-refractivity contribution is 7.15. The summed E-state index contributed by atoms with van der Waals surface area (Å²) in [6.07, 6.45) is 5.82. The summed E-state index contributed by atoms with van der Waals surface area (Å²) in [5.41, 5.74) is 1.43. The molecule has 4 nitrogen and oxygen atoms in total. The van der Waals surface area contributed by atoms with Crippen molar-refractivity contribution >= 4 is 11.3 Å². The molecule has 0 spiro atoms. The number of aryl methyl sites for hydroxylation is 2. The molecule has 0 fully saturated rings. The molecule has 19 heavy (non-hydrogen) atoms. The van der Waals surface area contributed by atoms with Crippen molar-refractivity contribution < 1.29 is 9.63 Å². The van der Waals surface area contributed by atoms with Crippen LogP contribution in [0.25, 0.3) is 10.8 Å². The second kappa shape index (κ2) is 5.43. The molecule has 2 aromatic heterocycles. The highest BCUT2D eigenvalue weighted by Gasteiger charge is 2.20. The molecule has 1 aliphatic rings. The predicted octanol–water partition coefficient (Wildman–Crippen LogP) is 3.51. The maximum absolute atomic E-state index is 9.86. The summed E-state index contributed by atoms with van der Waals surface area (Å²) >= 11 is 1.75. The molecular weight excluding hydrogens is 260 g/mol. The Bertz CT molecular complexity index is 538. The molecule has 0 aliphatic heterocycles. The molecule has 1 unspecified atom stereocenters. The largest absolute Gasteiger partial charge is 0.385 e. The van der Waals surface area contributed by atoms with Gasteiger partial charge >= 0.3 is 0 Å². The van der Waals surface area contributed by atoms with Gasteiger partial charge in [-0.05, 0) is 43.7 Å². The fourth-order valence-electron chi connectivity index (χ4n) is 2.47. The number of aliphatic hydroxyl groups is 1. The lowest BCUT2D eigenvalue weighted by Gasteiger charge is -2.08. The summed E-state index contributed by atoms with van der Waals surface area (Å²) in [6, 6.07) is 2.17. The third-order valence-corrected chi connectivity index (χ3v) is 4.73. The number of nitrogens with zero attached hydrogens (tertiary/aromatic N) is 2. The first-order valence-corrected chi connectivity index (χ1v) is 7.73. The quantitative estimate of drug-likeness (QED) is 0.929. The first-order valence-electron chi connectivity index (χ1n) is 6.91. The van der Waals surface area contributed by atoms with Crippen LogP contribution in [0.3, 0.4) is 0 Å². The molecule has 0 aromatic carbocycles. The van der Waals surface area contributed by atoms with Gasteiger partial charge in [-0.25, -0.2) is 0 Å². The van der Waals surface area contributed by atoms with E-state index in [0.29, 0.717) is 18.1 Å². The van der Waals surface area contributed by atoms with Gasteiger partial charge in [0.05, 0.1) is 4.88 Å². The maximum Gasteiger partial charge on any atom is 0.268 e. The van der Waals surface area contributed by atoms with E-state index in [1.807, 2.05) is 6.92 Å². The first-order chi connectivity index (χ1) is 9.28. The lowest BCUT2D eigenvalue weighted by molar-refractivity contribution is 0.153. The second-order valence-corrected chi connectivity index (χ2v) is 6.17. The van der Waals surface area contributed by atoms with Crippen LogP contribution in [0.2, 0.25) is 0 Å². The minimum absolute atomic E-state index is 0.406. The maximum atomic E-state index is 9.86. The zero-order chi connectivity index (χ0) is 13.2. The Morgan fingerprint density at radius 2 is 2.26 bits per heavy atom. The zero-order valence-corrected chi connectivity index (χ0v) is 11.9. The Morgan fingerprint density at radius 3 is 3.05 bits per heavy atom. The highest BCUT2D eigenvalue weighted by Crippen LogP contribution is 2.35. The monoisotopic (exact) mass is 278 g/mol. The Labute approximate surface area is 116 Å². The van der Waals surface area contributed by atoms with Crippen molar-refractivity contribution in [2.24, 2.45) is 0 Å². The van der Waals surface area contributed by atoms with Crippen molar-refractivity contribution in [2.45, 2.75) is 51.6 Å². The van der Waals surface area contributed by atoms with E-state index in [9.17, 15) is 5.11 Å². The Hall–Kier alpha value is -1.20. The fraction of sp³-hybridized carbons (Fsp3) is 0.571. The van der Waals surface area contributed by atoms with E-state index in [1.165, 1.54) is 29.7 Å². The number of thiophene rings is 1. The summed E-state index contributed by atoms with van der Waals surface area (Å²) in [5.74, 6) is 0.952. The van der Waals surface area contributed by atoms with Crippen LogP contribution < -0.4 is 0 Å². The van der Waals surface area contributed by atoms with Gasteiger partial charge in [0.2, 0.25) is 5.82 Å². The molecule has 2 heterocycles. The molecule has 1 aliphatic carbocycles. The standard InChI is InChI=1S/C14H18N2O2S/c1-2-5-10(17)13-15-14(18-16-13)12-8-9-6-3-4-7-11(9)19-12/h8,10,17H,2-7H2,1H3. The fourth-order valence-corrected chi connectivity index (χ4v) is 3.64. The number of hydrogen-bond acceptors (Lipinski definition) is 5. The van der Waals surface area contributed by atoms with Gasteiger partial charge in [0, 0.05) is 4.88 Å². The minimum atomic E-state index is -0.614. The van der Waals surface area contributed by atoms with Crippen molar-refractivity contribution in [3.8, 4) is 10.8 Å². The lowest BCUT2D eigenvalue weighted by Crippen LogP contribution is -1.98. The van der Waals surface area contributed by atoms with Crippen molar-refractivity contribution in [1.82, 2.24) is 10.1 Å². The molecule has 0 saturated heterocycles. The highest BCUT2D eigenvalue weighted by atomic mass is 32.1. The minimum Gasteiger partial charge on any atom is -0.385 e. The van der Waals surface area contributed by atoms with Gasteiger partial charge in [-0.15, -0.1) is 11.3 Å². The van der Waals surface area contributed by atoms with Crippen LogP contribution in [-0.4, -0.2) is 15.2 Å². The number of hydrogen-bond donors (Lipinski definition) is 1. The molecule has 2 aromatic rings. The summed E-state index contributed by atoms with van der Waals surface area (Å²) in [4.78, 5) is 6.82. The van der Waals surface area contributed by atoms with Crippen molar-refractivity contribution in [3.63, 3.8) is 0 Å². The normalized spacial score (nSPS) is 16.3. The van der Waals surface area contributed by atoms with Gasteiger partial charge in [0.25, 0.3) is 5.89 Å². The SMILES string of the molecule is CCCC(O)c1noc(-c2cc3c(s2)CCCC3)n1. The zero-order valence-electron chi connectivity index (χ0n) is 11.1. The Morgan fingerprint density at radius 1 is 1.42 bits per heavy atom. The van der Waals surface area contributed by atoms with E-state index in [-0.39, 0.29) is 0 Å². The molecule has 0 amide bonds. The molecule has 102 valence electrons. The van der Waals surface area contributed by atoms with Gasteiger partial charge in [-0.3, -0.25) is 0 Å². The smallest absolute Gasteiger partial charge is 0.268 e. The number of aromatic nitrogens is 2. The van der Waals surface area contributed by atoms with Crippen LogP contribution in [0.5, 0.6) is 0 Å². The van der Waals surface area contributed by atoms with Crippen LogP contribution in [0.15, 0.2) is 10.6 Å². The van der Waals surface area contributed by atoms with Crippen LogP contribution in [0.4, 0.5) is 0 Å². The summed E-state index contributed by atoms with van der Waals surface area (Å²) < 4.78 is 5.29. The van der Waals surface area contributed by atoms with Crippen LogP contribution in [-0.2, 0) is 12.8 Å². The molecular formula is C14H18N2O2S. The molecule has 0 saturated carbocycles. The predicted molar refractivity (Wildman–Crippen MR) is 74.1 cm³/mol. The van der Waals surface area contributed by atoms with Gasteiger partial charge in [-0.2, -0.15) is 4.98 Å². The van der Waals surface area contributed by atoms with Crippen LogP contribution in [0, 0.1) is 0 Å². The third kappa shape index (κ3) is 2.58. The molecule has 1 N–H and O–H groups in total. The lowest BCUT2D eigenvalue weighted by atomic mass is 9.99. The van der Waals surface area contributed by atoms with E-state index < -0.39 is 6.10 Å². The summed E-state index contributed by atoms with van der Waals surface area (Å²) in [7, 11) is 0. The van der Waals surface area contributed by atoms with Gasteiger partial charge < -0.3 is 9.63 Å². The molecule has 0 bridgehead atoms. The molecule has 3 rings (SSSR count). The average molecular weight is 278 g/mol. The topological polar surface area (TPSA) is 59.2 Å². The van der Waals surface area contributed by atoms with E-state index >= 15 is 0 Å². The molecule has 1 atom stereocenters. The first kappa shape index (κ1) is 12.8. The molecule has 0 radical (unpaired) electrons.